The number of quaternary nitrogens is 1. The van der Waals surface area contributed by atoms with Crippen LogP contribution in [0.3, 0.4) is 0 Å². The first-order valence-corrected chi connectivity index (χ1v) is 10.7. The van der Waals surface area contributed by atoms with Gasteiger partial charge in [0.1, 0.15) is 6.04 Å². The summed E-state index contributed by atoms with van der Waals surface area (Å²) in [5, 5.41) is 0. The zero-order valence-electron chi connectivity index (χ0n) is 18.1. The number of para-hydroxylation sites is 2. The van der Waals surface area contributed by atoms with Crippen LogP contribution in [0.25, 0.3) is 0 Å². The van der Waals surface area contributed by atoms with Gasteiger partial charge in [-0.05, 0) is 44.2 Å². The SMILES string of the molecule is CC(CN1c2ccccc2Sc2ccccc21)[N+](C)(C)COC(=O)OCCCN.Cl.[Cl-]. The number of benzene rings is 2. The predicted molar refractivity (Wildman–Crippen MR) is 124 cm³/mol. The van der Waals surface area contributed by atoms with E-state index in [2.05, 4.69) is 74.4 Å². The largest absolute Gasteiger partial charge is 1.00 e. The first-order valence-electron chi connectivity index (χ1n) is 9.88. The van der Waals surface area contributed by atoms with E-state index in [0.717, 1.165) is 6.54 Å². The second-order valence-electron chi connectivity index (χ2n) is 7.79. The number of carbonyl (C=O) groups is 1. The van der Waals surface area contributed by atoms with Crippen LogP contribution in [-0.4, -0.2) is 57.2 Å². The lowest BCUT2D eigenvalue weighted by molar-refractivity contribution is -0.927. The molecule has 31 heavy (non-hydrogen) atoms. The van der Waals surface area contributed by atoms with Crippen LogP contribution < -0.4 is 23.0 Å². The summed E-state index contributed by atoms with van der Waals surface area (Å²) in [5.41, 5.74) is 7.84. The molecule has 0 saturated carbocycles. The van der Waals surface area contributed by atoms with Crippen LogP contribution in [0.1, 0.15) is 13.3 Å². The Kier molecular flexibility index (Phi) is 11.0. The van der Waals surface area contributed by atoms with E-state index in [1.807, 2.05) is 0 Å². The van der Waals surface area contributed by atoms with E-state index in [1.54, 1.807) is 11.8 Å². The molecule has 1 aliphatic rings. The Hall–Kier alpha value is -1.64. The van der Waals surface area contributed by atoms with Gasteiger partial charge in [-0.1, -0.05) is 36.0 Å². The van der Waals surface area contributed by atoms with Gasteiger partial charge in [0.2, 0.25) is 6.73 Å². The summed E-state index contributed by atoms with van der Waals surface area (Å²) in [5.74, 6) is 0. The quantitative estimate of drug-likeness (QED) is 0.264. The third-order valence-electron chi connectivity index (χ3n) is 5.26. The maximum Gasteiger partial charge on any atom is 0.512 e. The van der Waals surface area contributed by atoms with E-state index < -0.39 is 6.16 Å². The molecule has 0 spiro atoms. The second-order valence-corrected chi connectivity index (χ2v) is 8.87. The summed E-state index contributed by atoms with van der Waals surface area (Å²) in [6, 6.07) is 17.2. The van der Waals surface area contributed by atoms with Gasteiger partial charge in [-0.3, -0.25) is 4.48 Å². The molecule has 0 aliphatic carbocycles. The number of nitrogens with two attached hydrogens (primary N) is 1. The summed E-state index contributed by atoms with van der Waals surface area (Å²) in [4.78, 5) is 16.7. The van der Waals surface area contributed by atoms with Gasteiger partial charge in [0.15, 0.2) is 0 Å². The smallest absolute Gasteiger partial charge is 0.512 e. The van der Waals surface area contributed by atoms with Gasteiger partial charge in [0, 0.05) is 9.79 Å². The Morgan fingerprint density at radius 2 is 1.61 bits per heavy atom. The van der Waals surface area contributed by atoms with Crippen molar-refractivity contribution in [3.63, 3.8) is 0 Å². The molecule has 0 bridgehead atoms. The number of fused-ring (bicyclic) bond motifs is 2. The van der Waals surface area contributed by atoms with Crippen LogP contribution in [0.15, 0.2) is 58.3 Å². The fourth-order valence-corrected chi connectivity index (χ4v) is 4.19. The highest BCUT2D eigenvalue weighted by atomic mass is 35.5. The Bertz CT molecular complexity index is 809. The zero-order chi connectivity index (χ0) is 20.9. The molecular weight excluding hydrogens is 457 g/mol. The van der Waals surface area contributed by atoms with E-state index in [0.29, 0.717) is 17.4 Å². The normalized spacial score (nSPS) is 13.1. The number of likely N-dealkylation sites (N-methyl/N-ethyl adjacent to an activating group) is 1. The second kappa shape index (κ2) is 12.4. The number of hydrogen-bond donors (Lipinski definition) is 1. The Balaban J connectivity index is 0.00000240. The molecule has 0 amide bonds. The molecule has 1 atom stereocenters. The minimum atomic E-state index is -0.637. The maximum atomic E-state index is 11.8. The molecule has 0 saturated heterocycles. The molecule has 6 nitrogen and oxygen atoms in total. The highest BCUT2D eigenvalue weighted by Gasteiger charge is 2.31. The minimum absolute atomic E-state index is 0. The number of halogens is 2. The summed E-state index contributed by atoms with van der Waals surface area (Å²) in [6.07, 6.45) is -0.00265. The number of nitrogens with zero attached hydrogens (tertiary/aromatic N) is 2. The van der Waals surface area contributed by atoms with Gasteiger partial charge in [-0.15, -0.1) is 12.4 Å². The average Bonchev–Trinajstić information content (AvgIpc) is 2.72. The number of ether oxygens (including phenoxy) is 2. The summed E-state index contributed by atoms with van der Waals surface area (Å²) < 4.78 is 10.9. The number of rotatable bonds is 8. The lowest BCUT2D eigenvalue weighted by Crippen LogP contribution is -3.00. The van der Waals surface area contributed by atoms with Crippen molar-refractivity contribution >= 4 is 41.7 Å². The van der Waals surface area contributed by atoms with Gasteiger partial charge in [0.05, 0.1) is 38.6 Å². The van der Waals surface area contributed by atoms with Crippen molar-refractivity contribution in [1.82, 2.24) is 0 Å². The van der Waals surface area contributed by atoms with Gasteiger partial charge >= 0.3 is 6.16 Å². The number of anilines is 2. The van der Waals surface area contributed by atoms with E-state index in [-0.39, 0.29) is 44.2 Å². The van der Waals surface area contributed by atoms with Crippen molar-refractivity contribution in [2.45, 2.75) is 29.2 Å². The Labute approximate surface area is 201 Å². The van der Waals surface area contributed by atoms with Crippen LogP contribution in [0, 0.1) is 0 Å². The molecular formula is C22H31Cl2N3O3S. The molecule has 0 fully saturated rings. The van der Waals surface area contributed by atoms with Crippen molar-refractivity contribution in [3.8, 4) is 0 Å². The summed E-state index contributed by atoms with van der Waals surface area (Å²) >= 11 is 1.80. The molecule has 1 aliphatic heterocycles. The molecule has 3 rings (SSSR count). The topological polar surface area (TPSA) is 64.8 Å². The van der Waals surface area contributed by atoms with Crippen LogP contribution in [-0.2, 0) is 9.47 Å². The summed E-state index contributed by atoms with van der Waals surface area (Å²) in [6.45, 7) is 4.00. The average molecular weight is 488 g/mol. The highest BCUT2D eigenvalue weighted by molar-refractivity contribution is 7.99. The van der Waals surface area contributed by atoms with Crippen molar-refractivity contribution in [3.05, 3.63) is 48.5 Å². The third kappa shape index (κ3) is 6.92. The molecule has 2 aromatic carbocycles. The lowest BCUT2D eigenvalue weighted by Gasteiger charge is -2.40. The van der Waals surface area contributed by atoms with Crippen LogP contribution in [0.4, 0.5) is 16.2 Å². The molecule has 1 unspecified atom stereocenters. The Morgan fingerprint density at radius 1 is 1.06 bits per heavy atom. The predicted octanol–water partition coefficient (Wildman–Crippen LogP) is 1.64. The van der Waals surface area contributed by atoms with E-state index >= 15 is 0 Å². The van der Waals surface area contributed by atoms with E-state index in [9.17, 15) is 4.79 Å². The molecule has 172 valence electrons. The van der Waals surface area contributed by atoms with Gasteiger partial charge in [0.25, 0.3) is 0 Å². The third-order valence-corrected chi connectivity index (χ3v) is 6.39. The number of carbonyl (C=O) groups excluding carboxylic acids is 1. The minimum Gasteiger partial charge on any atom is -1.00 e. The van der Waals surface area contributed by atoms with Gasteiger partial charge < -0.3 is 32.5 Å². The molecule has 9 heteroatoms. The molecule has 0 aromatic heterocycles. The first kappa shape index (κ1) is 27.4. The fraction of sp³-hybridized carbons (Fsp3) is 0.409. The van der Waals surface area contributed by atoms with Crippen molar-refractivity contribution < 1.29 is 31.2 Å². The monoisotopic (exact) mass is 487 g/mol. The van der Waals surface area contributed by atoms with Crippen molar-refractivity contribution in [1.29, 1.82) is 0 Å². The zero-order valence-corrected chi connectivity index (χ0v) is 20.5. The molecule has 1 heterocycles. The van der Waals surface area contributed by atoms with Gasteiger partial charge in [-0.2, -0.15) is 0 Å². The van der Waals surface area contributed by atoms with Crippen LogP contribution in [0.2, 0.25) is 0 Å². The standard InChI is InChI=1S/C22H30N3O3S.2ClH/c1-17(25(2,3)16-28-22(26)27-14-8-13-23)15-24-18-9-4-6-11-20(18)29-21-12-7-5-10-19(21)24;;/h4-7,9-12,17H,8,13-16,23H2,1-3H3;2*1H/q+1;;/p-1. The molecule has 0 radical (unpaired) electrons. The number of hydrogen-bond acceptors (Lipinski definition) is 6. The van der Waals surface area contributed by atoms with Gasteiger partial charge in [-0.25, -0.2) is 4.79 Å². The van der Waals surface area contributed by atoms with Crippen molar-refractivity contribution in [2.24, 2.45) is 5.73 Å². The lowest BCUT2D eigenvalue weighted by atomic mass is 10.1. The van der Waals surface area contributed by atoms with Crippen LogP contribution in [0.5, 0.6) is 0 Å². The van der Waals surface area contributed by atoms with Crippen molar-refractivity contribution in [2.75, 3.05) is 45.4 Å². The first-order chi connectivity index (χ1) is 13.9. The van der Waals surface area contributed by atoms with E-state index in [1.165, 1.54) is 21.2 Å². The fourth-order valence-electron chi connectivity index (χ4n) is 3.09. The molecule has 2 aromatic rings. The van der Waals surface area contributed by atoms with Crippen LogP contribution >= 0.6 is 24.2 Å². The molecule has 2 N–H and O–H groups in total. The Morgan fingerprint density at radius 3 is 2.16 bits per heavy atom. The summed E-state index contributed by atoms with van der Waals surface area (Å²) in [7, 11) is 4.13. The highest BCUT2D eigenvalue weighted by Crippen LogP contribution is 2.47. The van der Waals surface area contributed by atoms with E-state index in [4.69, 9.17) is 15.2 Å². The maximum absolute atomic E-state index is 11.8.